The number of aliphatic carboxylic acids is 1. The van der Waals surface area contributed by atoms with Crippen LogP contribution in [0.1, 0.15) is 11.3 Å². The zero-order valence-corrected chi connectivity index (χ0v) is 10.2. The van der Waals surface area contributed by atoms with E-state index in [2.05, 4.69) is 14.5 Å². The summed E-state index contributed by atoms with van der Waals surface area (Å²) in [6.07, 6.45) is -11.8. The van der Waals surface area contributed by atoms with Crippen LogP contribution in [0.3, 0.4) is 0 Å². The van der Waals surface area contributed by atoms with Gasteiger partial charge in [-0.1, -0.05) is 0 Å². The van der Waals surface area contributed by atoms with E-state index < -0.39 is 47.8 Å². The number of ether oxygens (including phenoxy) is 2. The summed E-state index contributed by atoms with van der Waals surface area (Å²) in [5.74, 6) is -3.90. The van der Waals surface area contributed by atoms with Gasteiger partial charge in [0.25, 0.3) is 0 Å². The molecule has 0 radical (unpaired) electrons. The Morgan fingerprint density at radius 3 is 2.24 bits per heavy atom. The number of carbonyl (C=O) groups is 1. The molecule has 1 aromatic rings. The van der Waals surface area contributed by atoms with Crippen molar-refractivity contribution in [3.05, 3.63) is 17.3 Å². The van der Waals surface area contributed by atoms with E-state index >= 15 is 0 Å². The van der Waals surface area contributed by atoms with Crippen LogP contribution in [-0.2, 0) is 17.4 Å². The smallest absolute Gasteiger partial charge is 0.481 e. The van der Waals surface area contributed by atoms with Crippen LogP contribution < -0.4 is 9.47 Å². The molecular weight excluding hydrogens is 312 g/mol. The summed E-state index contributed by atoms with van der Waals surface area (Å²) in [7, 11) is 0.886. The molecule has 1 aromatic heterocycles. The minimum atomic E-state index is -5.30. The number of pyridine rings is 1. The van der Waals surface area contributed by atoms with Crippen molar-refractivity contribution >= 4 is 5.97 Å². The van der Waals surface area contributed by atoms with Crippen molar-refractivity contribution in [3.8, 4) is 11.6 Å². The van der Waals surface area contributed by atoms with E-state index in [9.17, 15) is 31.1 Å². The van der Waals surface area contributed by atoms with Crippen LogP contribution in [0.4, 0.5) is 26.3 Å². The third-order valence-corrected chi connectivity index (χ3v) is 2.09. The monoisotopic (exact) mass is 319 g/mol. The SMILES string of the molecule is COc1cc(OC(F)(F)F)c(CC(=O)O)c(C(F)(F)F)n1. The van der Waals surface area contributed by atoms with Gasteiger partial charge in [0.15, 0.2) is 5.69 Å². The molecule has 0 spiro atoms. The van der Waals surface area contributed by atoms with Gasteiger partial charge >= 0.3 is 18.5 Å². The third kappa shape index (κ3) is 4.68. The number of alkyl halides is 6. The molecule has 0 fully saturated rings. The summed E-state index contributed by atoms with van der Waals surface area (Å²) >= 11 is 0. The van der Waals surface area contributed by atoms with Crippen molar-refractivity contribution in [2.75, 3.05) is 7.11 Å². The lowest BCUT2D eigenvalue weighted by atomic mass is 10.1. The molecule has 0 aliphatic heterocycles. The van der Waals surface area contributed by atoms with E-state index in [1.807, 2.05) is 0 Å². The Labute approximate surface area is 113 Å². The third-order valence-electron chi connectivity index (χ3n) is 2.09. The average Bonchev–Trinajstić information content (AvgIpc) is 2.27. The number of carboxylic acids is 1. The summed E-state index contributed by atoms with van der Waals surface area (Å²) < 4.78 is 82.8. The number of nitrogens with zero attached hydrogens (tertiary/aromatic N) is 1. The molecule has 0 aliphatic rings. The summed E-state index contributed by atoms with van der Waals surface area (Å²) in [5.41, 5.74) is -3.06. The first kappa shape index (κ1) is 16.9. The maximum atomic E-state index is 12.8. The first-order valence-corrected chi connectivity index (χ1v) is 5.06. The van der Waals surface area contributed by atoms with Gasteiger partial charge in [-0.2, -0.15) is 13.2 Å². The number of carboxylic acid groups (broad SMARTS) is 1. The van der Waals surface area contributed by atoms with Gasteiger partial charge in [-0.3, -0.25) is 4.79 Å². The molecule has 0 unspecified atom stereocenters. The standard InChI is InChI=1S/C10H7F6NO4/c1-20-6-3-5(21-10(14,15)16)4(2-7(18)19)8(17-6)9(11,12)13/h3H,2H2,1H3,(H,18,19). The second-order valence-electron chi connectivity index (χ2n) is 3.61. The topological polar surface area (TPSA) is 68.7 Å². The number of methoxy groups -OCH3 is 1. The summed E-state index contributed by atoms with van der Waals surface area (Å²) in [4.78, 5) is 13.5. The fourth-order valence-corrected chi connectivity index (χ4v) is 1.40. The first-order chi connectivity index (χ1) is 9.44. The van der Waals surface area contributed by atoms with Gasteiger partial charge in [0.1, 0.15) is 5.75 Å². The maximum Gasteiger partial charge on any atom is 0.573 e. The molecule has 11 heteroatoms. The van der Waals surface area contributed by atoms with E-state index in [0.717, 1.165) is 7.11 Å². The van der Waals surface area contributed by atoms with Crippen molar-refractivity contribution in [2.24, 2.45) is 0 Å². The molecule has 21 heavy (non-hydrogen) atoms. The minimum absolute atomic E-state index is 0.432. The van der Waals surface area contributed by atoms with Gasteiger partial charge in [-0.05, 0) is 0 Å². The van der Waals surface area contributed by atoms with Gasteiger partial charge in [-0.15, -0.1) is 13.2 Å². The van der Waals surface area contributed by atoms with E-state index in [1.165, 1.54) is 0 Å². The largest absolute Gasteiger partial charge is 0.573 e. The van der Waals surface area contributed by atoms with Crippen LogP contribution in [-0.4, -0.2) is 29.5 Å². The molecular formula is C10H7F6NO4. The molecule has 0 aliphatic carbocycles. The Hall–Kier alpha value is -2.20. The van der Waals surface area contributed by atoms with Gasteiger partial charge in [0, 0.05) is 11.6 Å². The lowest BCUT2D eigenvalue weighted by molar-refractivity contribution is -0.275. The molecule has 118 valence electrons. The van der Waals surface area contributed by atoms with Crippen LogP contribution >= 0.6 is 0 Å². The van der Waals surface area contributed by atoms with Gasteiger partial charge in [-0.25, -0.2) is 4.98 Å². The van der Waals surface area contributed by atoms with Gasteiger partial charge in [0.2, 0.25) is 5.88 Å². The molecule has 0 amide bonds. The molecule has 1 heterocycles. The normalized spacial score (nSPS) is 12.1. The van der Waals surface area contributed by atoms with E-state index in [0.29, 0.717) is 6.07 Å². The highest BCUT2D eigenvalue weighted by atomic mass is 19.4. The predicted octanol–water partition coefficient (Wildman–Crippen LogP) is 2.63. The minimum Gasteiger partial charge on any atom is -0.481 e. The lowest BCUT2D eigenvalue weighted by Crippen LogP contribution is -2.22. The van der Waals surface area contributed by atoms with Crippen molar-refractivity contribution in [3.63, 3.8) is 0 Å². The zero-order valence-electron chi connectivity index (χ0n) is 10.2. The van der Waals surface area contributed by atoms with Crippen LogP contribution in [0.2, 0.25) is 0 Å². The fraction of sp³-hybridized carbons (Fsp3) is 0.400. The molecule has 0 saturated heterocycles. The molecule has 0 bridgehead atoms. The van der Waals surface area contributed by atoms with Crippen molar-refractivity contribution in [2.45, 2.75) is 19.0 Å². The lowest BCUT2D eigenvalue weighted by Gasteiger charge is -2.17. The first-order valence-electron chi connectivity index (χ1n) is 5.06. The number of hydrogen-bond acceptors (Lipinski definition) is 4. The van der Waals surface area contributed by atoms with E-state index in [1.54, 1.807) is 0 Å². The van der Waals surface area contributed by atoms with Crippen LogP contribution in [0.15, 0.2) is 6.07 Å². The quantitative estimate of drug-likeness (QED) is 0.864. The predicted molar refractivity (Wildman–Crippen MR) is 53.8 cm³/mol. The fourth-order valence-electron chi connectivity index (χ4n) is 1.40. The van der Waals surface area contributed by atoms with Crippen LogP contribution in [0.5, 0.6) is 11.6 Å². The molecule has 5 nitrogen and oxygen atoms in total. The Balaban J connectivity index is 3.53. The Morgan fingerprint density at radius 1 is 1.29 bits per heavy atom. The van der Waals surface area contributed by atoms with Crippen molar-refractivity contribution in [1.82, 2.24) is 4.98 Å². The average molecular weight is 319 g/mol. The van der Waals surface area contributed by atoms with Gasteiger partial charge < -0.3 is 14.6 Å². The summed E-state index contributed by atoms with van der Waals surface area (Å²) in [6, 6.07) is 0.432. The number of halogens is 6. The number of hydrogen-bond donors (Lipinski definition) is 1. The highest BCUT2D eigenvalue weighted by molar-refractivity contribution is 5.72. The Bertz CT molecular complexity index is 540. The van der Waals surface area contributed by atoms with Crippen LogP contribution in [0.25, 0.3) is 0 Å². The highest BCUT2D eigenvalue weighted by Crippen LogP contribution is 2.38. The van der Waals surface area contributed by atoms with Crippen molar-refractivity contribution < 1.29 is 45.7 Å². The van der Waals surface area contributed by atoms with E-state index in [-0.39, 0.29) is 0 Å². The number of rotatable bonds is 4. The Morgan fingerprint density at radius 2 is 1.86 bits per heavy atom. The second-order valence-corrected chi connectivity index (χ2v) is 3.61. The molecule has 1 rings (SSSR count). The van der Waals surface area contributed by atoms with Crippen molar-refractivity contribution in [1.29, 1.82) is 0 Å². The second kappa shape index (κ2) is 5.66. The molecule has 0 saturated carbocycles. The molecule has 0 atom stereocenters. The molecule has 1 N–H and O–H groups in total. The highest BCUT2D eigenvalue weighted by Gasteiger charge is 2.40. The van der Waals surface area contributed by atoms with Crippen LogP contribution in [0, 0.1) is 0 Å². The zero-order chi connectivity index (χ0) is 16.4. The molecule has 0 aromatic carbocycles. The van der Waals surface area contributed by atoms with E-state index in [4.69, 9.17) is 5.11 Å². The number of aromatic nitrogens is 1. The summed E-state index contributed by atoms with van der Waals surface area (Å²) in [6.45, 7) is 0. The maximum absolute atomic E-state index is 12.8. The Kier molecular flexibility index (Phi) is 4.54. The van der Waals surface area contributed by atoms with Gasteiger partial charge in [0.05, 0.1) is 13.5 Å². The summed E-state index contributed by atoms with van der Waals surface area (Å²) in [5, 5.41) is 8.54.